The first kappa shape index (κ1) is 28.0. The highest BCUT2D eigenvalue weighted by atomic mass is 16.5. The molecule has 44 heavy (non-hydrogen) atoms. The molecule has 0 bridgehead atoms. The zero-order chi connectivity index (χ0) is 30.8. The summed E-state index contributed by atoms with van der Waals surface area (Å²) in [4.78, 5) is 48.2. The second-order valence-electron chi connectivity index (χ2n) is 10.0. The summed E-state index contributed by atoms with van der Waals surface area (Å²) in [5.74, 6) is -0.821. The molecule has 0 aliphatic heterocycles. The fraction of sp³-hybridized carbons (Fsp3) is 0. The fourth-order valence-electron chi connectivity index (χ4n) is 5.29. The van der Waals surface area contributed by atoms with Gasteiger partial charge in [-0.25, -0.2) is 9.59 Å². The summed E-state index contributed by atoms with van der Waals surface area (Å²) in [5, 5.41) is 3.54. The van der Waals surface area contributed by atoms with E-state index in [2.05, 4.69) is 13.2 Å². The van der Waals surface area contributed by atoms with E-state index < -0.39 is 11.9 Å². The second-order valence-corrected chi connectivity index (χ2v) is 10.0. The highest BCUT2D eigenvalue weighted by Gasteiger charge is 2.24. The highest BCUT2D eigenvalue weighted by Crippen LogP contribution is 2.35. The van der Waals surface area contributed by atoms with Crippen LogP contribution in [0.4, 0.5) is 0 Å². The number of ether oxygens (including phenoxy) is 2. The quantitative estimate of drug-likeness (QED) is 0.156. The maximum Gasteiger partial charge on any atom is 0.343 e. The first-order valence-electron chi connectivity index (χ1n) is 13.7. The zero-order valence-electron chi connectivity index (χ0n) is 23.4. The number of hydrogen-bond acceptors (Lipinski definition) is 6. The van der Waals surface area contributed by atoms with Gasteiger partial charge in [0.2, 0.25) is 0 Å². The van der Waals surface area contributed by atoms with Crippen molar-refractivity contribution in [3.63, 3.8) is 0 Å². The van der Waals surface area contributed by atoms with Gasteiger partial charge in [-0.1, -0.05) is 104 Å². The third-order valence-electron chi connectivity index (χ3n) is 7.36. The van der Waals surface area contributed by atoms with Crippen LogP contribution in [0.5, 0.6) is 0 Å². The van der Waals surface area contributed by atoms with Crippen LogP contribution >= 0.6 is 0 Å². The van der Waals surface area contributed by atoms with E-state index in [4.69, 9.17) is 9.47 Å². The van der Waals surface area contributed by atoms with Gasteiger partial charge in [0.1, 0.15) is 11.5 Å². The SMILES string of the molecule is C=CC(=O)OC1=CC(=O)c2cccc3cccc1c23.C=Cc1ccc(C(=O)OC2=CC(=O)c3cccc4cccc2c34)cc1. The summed E-state index contributed by atoms with van der Waals surface area (Å²) in [6, 6.07) is 29.4. The van der Waals surface area contributed by atoms with E-state index in [1.165, 1.54) is 12.2 Å². The summed E-state index contributed by atoms with van der Waals surface area (Å²) >= 11 is 0. The lowest BCUT2D eigenvalue weighted by Crippen LogP contribution is -2.11. The molecule has 0 saturated carbocycles. The Morgan fingerprint density at radius 2 is 1.02 bits per heavy atom. The predicted molar refractivity (Wildman–Crippen MR) is 171 cm³/mol. The topological polar surface area (TPSA) is 86.7 Å². The van der Waals surface area contributed by atoms with E-state index >= 15 is 0 Å². The first-order valence-corrected chi connectivity index (χ1v) is 13.7. The molecular weight excluding hydrogens is 552 g/mol. The normalized spacial score (nSPS) is 12.8. The number of carbonyl (C=O) groups is 4. The Labute approximate surface area is 252 Å². The van der Waals surface area contributed by atoms with Crippen LogP contribution in [0.25, 0.3) is 39.1 Å². The molecule has 5 aromatic carbocycles. The number of ketones is 2. The first-order chi connectivity index (χ1) is 21.4. The molecule has 0 heterocycles. The van der Waals surface area contributed by atoms with Crippen molar-refractivity contribution >= 4 is 62.6 Å². The van der Waals surface area contributed by atoms with E-state index in [1.807, 2.05) is 60.7 Å². The number of hydrogen-bond donors (Lipinski definition) is 0. The molecule has 0 unspecified atom stereocenters. The van der Waals surface area contributed by atoms with Gasteiger partial charge in [-0.2, -0.15) is 0 Å². The Morgan fingerprint density at radius 3 is 1.48 bits per heavy atom. The van der Waals surface area contributed by atoms with E-state index in [-0.39, 0.29) is 23.1 Å². The minimum absolute atomic E-state index is 0.156. The largest absolute Gasteiger partial charge is 0.423 e. The van der Waals surface area contributed by atoms with Crippen molar-refractivity contribution in [3.05, 3.63) is 162 Å². The van der Waals surface area contributed by atoms with Gasteiger partial charge >= 0.3 is 11.9 Å². The molecule has 0 aromatic heterocycles. The summed E-state index contributed by atoms with van der Waals surface area (Å²) < 4.78 is 10.7. The van der Waals surface area contributed by atoms with Crippen LogP contribution in [0, 0.1) is 0 Å². The lowest BCUT2D eigenvalue weighted by atomic mass is 9.91. The summed E-state index contributed by atoms with van der Waals surface area (Å²) in [6.07, 6.45) is 5.51. The Kier molecular flexibility index (Phi) is 7.40. The molecular formula is C38H24O6. The van der Waals surface area contributed by atoms with Crippen molar-refractivity contribution < 1.29 is 28.7 Å². The van der Waals surface area contributed by atoms with Crippen LogP contribution in [0.15, 0.2) is 128 Å². The van der Waals surface area contributed by atoms with Crippen molar-refractivity contribution in [2.24, 2.45) is 0 Å². The van der Waals surface area contributed by atoms with E-state index in [1.54, 1.807) is 42.5 Å². The lowest BCUT2D eigenvalue weighted by Gasteiger charge is -2.17. The molecule has 6 nitrogen and oxygen atoms in total. The van der Waals surface area contributed by atoms with Crippen LogP contribution in [0.1, 0.15) is 47.8 Å². The van der Waals surface area contributed by atoms with Crippen molar-refractivity contribution in [3.8, 4) is 0 Å². The Morgan fingerprint density at radius 1 is 0.568 bits per heavy atom. The monoisotopic (exact) mass is 576 g/mol. The van der Waals surface area contributed by atoms with Crippen LogP contribution in [-0.4, -0.2) is 23.5 Å². The molecule has 0 atom stereocenters. The molecule has 212 valence electrons. The third-order valence-corrected chi connectivity index (χ3v) is 7.36. The van der Waals surface area contributed by atoms with Gasteiger partial charge in [-0.3, -0.25) is 9.59 Å². The fourth-order valence-corrected chi connectivity index (χ4v) is 5.29. The Hall–Kier alpha value is -6.14. The van der Waals surface area contributed by atoms with Crippen molar-refractivity contribution in [1.82, 2.24) is 0 Å². The van der Waals surface area contributed by atoms with Gasteiger partial charge < -0.3 is 9.47 Å². The predicted octanol–water partition coefficient (Wildman–Crippen LogP) is 7.98. The summed E-state index contributed by atoms with van der Waals surface area (Å²) in [5.41, 5.74) is 4.11. The maximum absolute atomic E-state index is 12.5. The van der Waals surface area contributed by atoms with Crippen LogP contribution in [-0.2, 0) is 14.3 Å². The van der Waals surface area contributed by atoms with Gasteiger partial charge in [-0.05, 0) is 28.5 Å². The molecule has 0 fully saturated rings. The maximum atomic E-state index is 12.5. The highest BCUT2D eigenvalue weighted by molar-refractivity contribution is 6.22. The number of rotatable bonds is 5. The average Bonchev–Trinajstić information content (AvgIpc) is 3.05. The summed E-state index contributed by atoms with van der Waals surface area (Å²) in [7, 11) is 0. The van der Waals surface area contributed by atoms with Gasteiger partial charge in [0, 0.05) is 51.3 Å². The lowest BCUT2D eigenvalue weighted by molar-refractivity contribution is -0.131. The van der Waals surface area contributed by atoms with E-state index in [0.717, 1.165) is 44.3 Å². The smallest absolute Gasteiger partial charge is 0.343 e. The van der Waals surface area contributed by atoms with E-state index in [9.17, 15) is 19.2 Å². The standard InChI is InChI=1S/C22H14O3.C16H10O3/c1-2-14-9-11-16(12-10-14)22(24)25-20-13-19(23)17-7-3-5-15-6-4-8-18(20)21(15)17;1-2-15(18)19-14-9-13(17)11-7-3-5-10-6-4-8-12(14)16(10)11/h2-13H,1H2;2-9H,1H2. The van der Waals surface area contributed by atoms with Crippen LogP contribution in [0.2, 0.25) is 0 Å². The average molecular weight is 577 g/mol. The minimum atomic E-state index is -0.574. The van der Waals surface area contributed by atoms with Crippen LogP contribution < -0.4 is 0 Å². The molecule has 0 spiro atoms. The number of allylic oxidation sites excluding steroid dienone is 2. The molecule has 6 heteroatoms. The third kappa shape index (κ3) is 5.16. The van der Waals surface area contributed by atoms with Gasteiger partial charge in [0.05, 0.1) is 5.56 Å². The zero-order valence-corrected chi connectivity index (χ0v) is 23.4. The number of esters is 2. The van der Waals surface area contributed by atoms with Gasteiger partial charge in [0.15, 0.2) is 11.6 Å². The molecule has 2 aliphatic carbocycles. The number of carbonyl (C=O) groups excluding carboxylic acids is 4. The molecule has 7 rings (SSSR count). The Balaban J connectivity index is 0.000000162. The van der Waals surface area contributed by atoms with Gasteiger partial charge in [0.25, 0.3) is 0 Å². The van der Waals surface area contributed by atoms with Crippen LogP contribution in [0.3, 0.4) is 0 Å². The van der Waals surface area contributed by atoms with Gasteiger partial charge in [-0.15, -0.1) is 0 Å². The van der Waals surface area contributed by atoms with Crippen molar-refractivity contribution in [2.75, 3.05) is 0 Å². The molecule has 0 amide bonds. The van der Waals surface area contributed by atoms with Crippen molar-refractivity contribution in [2.45, 2.75) is 0 Å². The number of benzene rings is 5. The second kappa shape index (κ2) is 11.6. The van der Waals surface area contributed by atoms with Crippen molar-refractivity contribution in [1.29, 1.82) is 0 Å². The molecule has 0 N–H and O–H groups in total. The summed E-state index contributed by atoms with van der Waals surface area (Å²) in [6.45, 7) is 7.04. The molecule has 2 aliphatic rings. The Bertz CT molecular complexity index is 2100. The molecule has 0 saturated heterocycles. The van der Waals surface area contributed by atoms with E-state index in [0.29, 0.717) is 16.7 Å². The minimum Gasteiger partial charge on any atom is -0.423 e. The molecule has 5 aromatic rings. The molecule has 0 radical (unpaired) electrons.